The van der Waals surface area contributed by atoms with Crippen LogP contribution >= 0.6 is 22.9 Å². The van der Waals surface area contributed by atoms with E-state index < -0.39 is 0 Å². The summed E-state index contributed by atoms with van der Waals surface area (Å²) in [6.07, 6.45) is 0.931. The zero-order chi connectivity index (χ0) is 14.8. The van der Waals surface area contributed by atoms with Crippen molar-refractivity contribution >= 4 is 28.8 Å². The highest BCUT2D eigenvalue weighted by Crippen LogP contribution is 2.32. The molecule has 2 heterocycles. The quantitative estimate of drug-likeness (QED) is 0.857. The second-order valence-corrected chi connectivity index (χ2v) is 6.50. The van der Waals surface area contributed by atoms with Gasteiger partial charge in [-0.15, -0.1) is 11.3 Å². The van der Waals surface area contributed by atoms with Crippen LogP contribution < -0.4 is 4.74 Å². The van der Waals surface area contributed by atoms with Gasteiger partial charge in [0.1, 0.15) is 5.75 Å². The Labute approximate surface area is 133 Å². The van der Waals surface area contributed by atoms with E-state index >= 15 is 0 Å². The van der Waals surface area contributed by atoms with Gasteiger partial charge in [0.25, 0.3) is 5.91 Å². The van der Waals surface area contributed by atoms with Crippen molar-refractivity contribution in [2.45, 2.75) is 19.4 Å². The summed E-state index contributed by atoms with van der Waals surface area (Å²) in [5, 5.41) is 2.70. The standard InChI is InChI=1S/C16H16ClNO2S/c1-11-14-6-8-21-15(14)5-7-18(11)16(19)10-20-13-4-2-3-12(17)9-13/h2-4,6,8-9,11H,5,7,10H2,1H3/t11-/m0/s1. The largest absolute Gasteiger partial charge is 0.484 e. The minimum atomic E-state index is 0.0133. The molecule has 0 unspecified atom stereocenters. The molecule has 3 rings (SSSR count). The minimum Gasteiger partial charge on any atom is -0.484 e. The number of hydrogen-bond acceptors (Lipinski definition) is 3. The lowest BCUT2D eigenvalue weighted by molar-refractivity contribution is -0.135. The lowest BCUT2D eigenvalue weighted by atomic mass is 10.0. The van der Waals surface area contributed by atoms with Crippen LogP contribution in [0.15, 0.2) is 35.7 Å². The van der Waals surface area contributed by atoms with Gasteiger partial charge < -0.3 is 9.64 Å². The SMILES string of the molecule is C[C@H]1c2ccsc2CCN1C(=O)COc1cccc(Cl)c1. The zero-order valence-corrected chi connectivity index (χ0v) is 13.3. The first kappa shape index (κ1) is 14.4. The van der Waals surface area contributed by atoms with Crippen LogP contribution in [0.5, 0.6) is 5.75 Å². The maximum absolute atomic E-state index is 12.4. The van der Waals surface area contributed by atoms with E-state index in [2.05, 4.69) is 18.4 Å². The summed E-state index contributed by atoms with van der Waals surface area (Å²) < 4.78 is 5.55. The normalized spacial score (nSPS) is 17.4. The first-order valence-corrected chi connectivity index (χ1v) is 8.15. The van der Waals surface area contributed by atoms with Crippen molar-refractivity contribution in [3.05, 3.63) is 51.2 Å². The molecule has 0 bridgehead atoms. The summed E-state index contributed by atoms with van der Waals surface area (Å²) in [7, 11) is 0. The van der Waals surface area contributed by atoms with Gasteiger partial charge >= 0.3 is 0 Å². The van der Waals surface area contributed by atoms with E-state index in [1.165, 1.54) is 10.4 Å². The molecule has 2 aromatic rings. The fourth-order valence-corrected chi connectivity index (χ4v) is 3.78. The van der Waals surface area contributed by atoms with E-state index in [0.717, 1.165) is 13.0 Å². The number of carbonyl (C=O) groups is 1. The van der Waals surface area contributed by atoms with Crippen molar-refractivity contribution in [2.24, 2.45) is 0 Å². The number of carbonyl (C=O) groups excluding carboxylic acids is 1. The third-order valence-corrected chi connectivity index (χ3v) is 4.99. The summed E-state index contributed by atoms with van der Waals surface area (Å²) in [5.41, 5.74) is 1.27. The number of halogens is 1. The van der Waals surface area contributed by atoms with Crippen LogP contribution in [-0.4, -0.2) is 24.0 Å². The van der Waals surface area contributed by atoms with E-state index in [-0.39, 0.29) is 18.6 Å². The molecule has 0 saturated heterocycles. The number of benzene rings is 1. The monoisotopic (exact) mass is 321 g/mol. The Hall–Kier alpha value is -1.52. The van der Waals surface area contributed by atoms with Crippen molar-refractivity contribution in [1.82, 2.24) is 4.90 Å². The Kier molecular flexibility index (Phi) is 4.17. The Balaban J connectivity index is 1.64. The molecular formula is C16H16ClNO2S. The highest BCUT2D eigenvalue weighted by atomic mass is 35.5. The Morgan fingerprint density at radius 3 is 3.14 bits per heavy atom. The zero-order valence-electron chi connectivity index (χ0n) is 11.7. The molecule has 0 saturated carbocycles. The van der Waals surface area contributed by atoms with Crippen LogP contribution in [0.3, 0.4) is 0 Å². The smallest absolute Gasteiger partial charge is 0.261 e. The first-order valence-electron chi connectivity index (χ1n) is 6.89. The average Bonchev–Trinajstić information content (AvgIpc) is 2.95. The highest BCUT2D eigenvalue weighted by molar-refractivity contribution is 7.10. The number of thiophene rings is 1. The van der Waals surface area contributed by atoms with Gasteiger partial charge in [0.15, 0.2) is 6.61 Å². The molecule has 0 spiro atoms. The van der Waals surface area contributed by atoms with Crippen LogP contribution in [0.25, 0.3) is 0 Å². The van der Waals surface area contributed by atoms with Gasteiger partial charge in [-0.3, -0.25) is 4.79 Å². The van der Waals surface area contributed by atoms with Crippen molar-refractivity contribution in [1.29, 1.82) is 0 Å². The molecule has 1 aliphatic rings. The van der Waals surface area contributed by atoms with Crippen molar-refractivity contribution < 1.29 is 9.53 Å². The molecule has 1 aromatic heterocycles. The summed E-state index contributed by atoms with van der Waals surface area (Å²) >= 11 is 7.67. The molecule has 0 N–H and O–H groups in total. The fourth-order valence-electron chi connectivity index (χ4n) is 2.63. The van der Waals surface area contributed by atoms with E-state index in [0.29, 0.717) is 10.8 Å². The molecule has 0 fully saturated rings. The Bertz CT molecular complexity index is 655. The van der Waals surface area contributed by atoms with Crippen LogP contribution in [0.4, 0.5) is 0 Å². The lowest BCUT2D eigenvalue weighted by Crippen LogP contribution is -2.40. The molecule has 1 aromatic carbocycles. The molecule has 0 aliphatic carbocycles. The molecule has 21 heavy (non-hydrogen) atoms. The minimum absolute atomic E-state index is 0.0133. The van der Waals surface area contributed by atoms with E-state index in [1.54, 1.807) is 29.5 Å². The summed E-state index contributed by atoms with van der Waals surface area (Å²) in [6, 6.07) is 9.34. The molecule has 1 atom stereocenters. The summed E-state index contributed by atoms with van der Waals surface area (Å²) in [5.74, 6) is 0.635. The Morgan fingerprint density at radius 2 is 2.33 bits per heavy atom. The summed E-state index contributed by atoms with van der Waals surface area (Å²) in [4.78, 5) is 15.6. The summed E-state index contributed by atoms with van der Waals surface area (Å²) in [6.45, 7) is 2.87. The maximum atomic E-state index is 12.4. The fraction of sp³-hybridized carbons (Fsp3) is 0.312. The van der Waals surface area contributed by atoms with Gasteiger partial charge in [0.2, 0.25) is 0 Å². The molecule has 1 aliphatic heterocycles. The van der Waals surface area contributed by atoms with Crippen molar-refractivity contribution in [3.63, 3.8) is 0 Å². The first-order chi connectivity index (χ1) is 10.1. The van der Waals surface area contributed by atoms with Gasteiger partial charge in [-0.05, 0) is 48.6 Å². The van der Waals surface area contributed by atoms with E-state index in [1.807, 2.05) is 11.0 Å². The molecule has 110 valence electrons. The van der Waals surface area contributed by atoms with Crippen LogP contribution in [-0.2, 0) is 11.2 Å². The van der Waals surface area contributed by atoms with Gasteiger partial charge in [-0.2, -0.15) is 0 Å². The topological polar surface area (TPSA) is 29.5 Å². The highest BCUT2D eigenvalue weighted by Gasteiger charge is 2.28. The van der Waals surface area contributed by atoms with Crippen molar-refractivity contribution in [3.8, 4) is 5.75 Å². The predicted molar refractivity (Wildman–Crippen MR) is 85.1 cm³/mol. The number of nitrogens with zero attached hydrogens (tertiary/aromatic N) is 1. The molecule has 5 heteroatoms. The van der Waals surface area contributed by atoms with Crippen LogP contribution in [0.2, 0.25) is 5.02 Å². The van der Waals surface area contributed by atoms with Crippen LogP contribution in [0, 0.1) is 0 Å². The van der Waals surface area contributed by atoms with Crippen molar-refractivity contribution in [2.75, 3.05) is 13.2 Å². The van der Waals surface area contributed by atoms with Gasteiger partial charge in [0.05, 0.1) is 6.04 Å². The van der Waals surface area contributed by atoms with Gasteiger partial charge in [-0.25, -0.2) is 0 Å². The number of amides is 1. The number of fused-ring (bicyclic) bond motifs is 1. The predicted octanol–water partition coefficient (Wildman–Crippen LogP) is 3.93. The van der Waals surface area contributed by atoms with Gasteiger partial charge in [0, 0.05) is 16.4 Å². The molecular weight excluding hydrogens is 306 g/mol. The van der Waals surface area contributed by atoms with E-state index in [4.69, 9.17) is 16.3 Å². The maximum Gasteiger partial charge on any atom is 0.261 e. The molecule has 1 amide bonds. The molecule has 3 nitrogen and oxygen atoms in total. The third kappa shape index (κ3) is 3.06. The average molecular weight is 322 g/mol. The van der Waals surface area contributed by atoms with E-state index in [9.17, 15) is 4.79 Å². The second kappa shape index (κ2) is 6.08. The number of rotatable bonds is 3. The number of hydrogen-bond donors (Lipinski definition) is 0. The Morgan fingerprint density at radius 1 is 1.48 bits per heavy atom. The molecule has 0 radical (unpaired) electrons. The third-order valence-electron chi connectivity index (χ3n) is 3.76. The van der Waals surface area contributed by atoms with Crippen LogP contribution in [0.1, 0.15) is 23.4 Å². The van der Waals surface area contributed by atoms with Gasteiger partial charge in [-0.1, -0.05) is 17.7 Å². The number of ether oxygens (including phenoxy) is 1. The lowest BCUT2D eigenvalue weighted by Gasteiger charge is -2.33. The second-order valence-electron chi connectivity index (χ2n) is 5.06.